The number of pyridine rings is 1. The number of phenolic OH excluding ortho intramolecular Hbond substituents is 1. The molecule has 5 aliphatic carbocycles. The zero-order chi connectivity index (χ0) is 46.4. The van der Waals surface area contributed by atoms with Crippen LogP contribution in [0.3, 0.4) is 0 Å². The van der Waals surface area contributed by atoms with Crippen LogP contribution in [0.4, 0.5) is 5.82 Å². The number of phenols is 1. The summed E-state index contributed by atoms with van der Waals surface area (Å²) in [5.74, 6) is 3.40. The molecule has 0 radical (unpaired) electrons. The lowest BCUT2D eigenvalue weighted by molar-refractivity contribution is -0.168. The molecule has 366 valence electrons. The molecular formula is C53H76N6O6S2. The number of aryl methyl sites for hydroxylation is 1. The number of ether oxygens (including phenoxy) is 2. The molecule has 5 aliphatic heterocycles. The number of aliphatic hydroxyl groups is 1. The monoisotopic (exact) mass is 957 g/mol. The van der Waals surface area contributed by atoms with E-state index in [9.17, 15) is 19.8 Å². The molecule has 8 atom stereocenters. The van der Waals surface area contributed by atoms with Crippen LogP contribution < -0.4 is 21.5 Å². The van der Waals surface area contributed by atoms with Crippen LogP contribution in [0.25, 0.3) is 0 Å². The smallest absolute Gasteiger partial charge is 0.303 e. The number of nitrogens with two attached hydrogens (primary N) is 2. The third kappa shape index (κ3) is 9.39. The van der Waals surface area contributed by atoms with Gasteiger partial charge in [-0.2, -0.15) is 0 Å². The minimum Gasteiger partial charge on any atom is -0.504 e. The van der Waals surface area contributed by atoms with E-state index in [0.717, 1.165) is 106 Å². The van der Waals surface area contributed by atoms with E-state index < -0.39 is 17.1 Å². The molecule has 14 heteroatoms. The Balaban J connectivity index is 0.997. The summed E-state index contributed by atoms with van der Waals surface area (Å²) in [5.41, 5.74) is 15.8. The number of aromatic nitrogens is 1. The molecule has 67 heavy (non-hydrogen) atoms. The summed E-state index contributed by atoms with van der Waals surface area (Å²) in [7, 11) is 3.98. The highest BCUT2D eigenvalue weighted by atomic mass is 33.1. The van der Waals surface area contributed by atoms with Gasteiger partial charge < -0.3 is 41.4 Å². The third-order valence-electron chi connectivity index (χ3n) is 18.4. The Kier molecular flexibility index (Phi) is 13.5. The minimum absolute atomic E-state index is 0.0434. The standard InChI is InChI=1S/C53H76N6O6S2/c1-35(60)64-51-20-11-37(42(61)31-51)9-3-2-6-26-66-67-53(19-8-17-50(53)15-4-5-16-50)58-48(55)57-25-23-49(30-36-14-24-56-43(54)27-36)32-44(62)59(34-49)33-40-28-38(12-21-51)45-39-13-22-52(65-47(45)46(40)63)18-7-10-41(52)29-39/h14,24,27-28,37,39,41-42,61,63H,2-13,15-23,25-26,29-34H2,1H3,(H2,54,56)(H3,55,57,58). The van der Waals surface area contributed by atoms with Gasteiger partial charge in [0, 0.05) is 73.3 Å². The first kappa shape index (κ1) is 47.3. The first-order valence-electron chi connectivity index (χ1n) is 26.1. The number of fused-ring (bicyclic) bond motifs is 13. The predicted octanol–water partition coefficient (Wildman–Crippen LogP) is 9.62. The largest absolute Gasteiger partial charge is 0.504 e. The van der Waals surface area contributed by atoms with Crippen LogP contribution in [0.5, 0.6) is 11.5 Å². The summed E-state index contributed by atoms with van der Waals surface area (Å²) in [6, 6.07) is 6.04. The maximum Gasteiger partial charge on any atom is 0.303 e. The second kappa shape index (κ2) is 19.1. The molecule has 6 heterocycles. The number of aliphatic hydroxyl groups excluding tert-OH is 1. The number of carbonyl (C=O) groups excluding carboxylic acids is 2. The van der Waals surface area contributed by atoms with Gasteiger partial charge in [0.2, 0.25) is 5.91 Å². The van der Waals surface area contributed by atoms with Crippen molar-refractivity contribution in [2.24, 2.45) is 33.4 Å². The van der Waals surface area contributed by atoms with Crippen molar-refractivity contribution in [3.05, 3.63) is 46.6 Å². The number of nitrogens with one attached hydrogen (secondary N) is 1. The molecule has 10 aliphatic rings. The Hall–Kier alpha value is -3.36. The number of esters is 1. The number of aromatic hydroxyl groups is 1. The fourth-order valence-electron chi connectivity index (χ4n) is 15.1. The Morgan fingerprint density at radius 2 is 1.81 bits per heavy atom. The zero-order valence-corrected chi connectivity index (χ0v) is 41.6. The highest BCUT2D eigenvalue weighted by Crippen LogP contribution is 2.63. The van der Waals surface area contributed by atoms with Crippen molar-refractivity contribution in [2.75, 3.05) is 24.6 Å². The molecular weight excluding hydrogens is 881 g/mol. The van der Waals surface area contributed by atoms with E-state index in [1.807, 2.05) is 38.6 Å². The highest BCUT2D eigenvalue weighted by Gasteiger charge is 2.57. The summed E-state index contributed by atoms with van der Waals surface area (Å²) in [6.07, 6.45) is 25.0. The van der Waals surface area contributed by atoms with Crippen LogP contribution in [0.2, 0.25) is 0 Å². The van der Waals surface area contributed by atoms with Crippen molar-refractivity contribution >= 4 is 45.2 Å². The van der Waals surface area contributed by atoms with Crippen molar-refractivity contribution < 1.29 is 29.3 Å². The maximum absolute atomic E-state index is 14.5. The summed E-state index contributed by atoms with van der Waals surface area (Å²) in [4.78, 5) is 38.4. The van der Waals surface area contributed by atoms with Gasteiger partial charge in [-0.25, -0.2) is 4.98 Å². The van der Waals surface area contributed by atoms with E-state index in [4.69, 9.17) is 25.9 Å². The number of nitrogen functional groups attached to an aromatic ring is 1. The van der Waals surface area contributed by atoms with Gasteiger partial charge in [0.15, 0.2) is 17.5 Å². The van der Waals surface area contributed by atoms with E-state index in [2.05, 4.69) is 16.4 Å². The van der Waals surface area contributed by atoms with Crippen LogP contribution in [0, 0.1) is 22.7 Å². The van der Waals surface area contributed by atoms with Crippen molar-refractivity contribution in [3.8, 4) is 11.5 Å². The highest BCUT2D eigenvalue weighted by molar-refractivity contribution is 8.77. The van der Waals surface area contributed by atoms with E-state index in [0.29, 0.717) is 80.6 Å². The molecule has 7 N–H and O–H groups in total. The van der Waals surface area contributed by atoms with Crippen LogP contribution in [-0.2, 0) is 33.7 Å². The molecule has 1 aromatic heterocycles. The average Bonchev–Trinajstić information content (AvgIpc) is 4.04. The van der Waals surface area contributed by atoms with Crippen LogP contribution >= 0.6 is 21.6 Å². The minimum atomic E-state index is -0.780. The summed E-state index contributed by atoms with van der Waals surface area (Å²) in [6.45, 7) is 2.71. The van der Waals surface area contributed by atoms with Crippen molar-refractivity contribution in [1.82, 2.24) is 15.2 Å². The van der Waals surface area contributed by atoms with Crippen molar-refractivity contribution in [1.29, 1.82) is 0 Å². The first-order chi connectivity index (χ1) is 32.3. The molecule has 3 spiro atoms. The number of benzene rings is 1. The zero-order valence-electron chi connectivity index (χ0n) is 40.0. The fraction of sp³-hybridized carbons (Fsp3) is 0.736. The van der Waals surface area contributed by atoms with Crippen molar-refractivity contribution in [2.45, 2.75) is 202 Å². The number of hydrogen-bond acceptors (Lipinski definition) is 13. The average molecular weight is 957 g/mol. The number of anilines is 1. The SMILES string of the molecule is CC(=O)OC12CCc3cc(c(O)c4c3C3CCC5(CCCC5C3)O4)CN3CC(Cc4ccnc(N)c4)(CCN=C(N)NC4(CCCC45CCCC5)SSCCCCCC(CC1)C(O)C2)CC3=O. The summed E-state index contributed by atoms with van der Waals surface area (Å²) < 4.78 is 13.5. The number of nitrogens with zero attached hydrogens (tertiary/aromatic N) is 3. The molecule has 6 fully saturated rings. The Morgan fingerprint density at radius 1 is 0.955 bits per heavy atom. The van der Waals surface area contributed by atoms with Crippen LogP contribution in [-0.4, -0.2) is 79.0 Å². The Bertz CT molecular complexity index is 2200. The normalized spacial score (nSPS) is 35.7. The number of aliphatic imine (C=N–C) groups is 1. The lowest BCUT2D eigenvalue weighted by Crippen LogP contribution is -2.55. The Labute approximate surface area is 406 Å². The maximum atomic E-state index is 14.5. The molecule has 12 nitrogen and oxygen atoms in total. The van der Waals surface area contributed by atoms with E-state index >= 15 is 0 Å². The van der Waals surface area contributed by atoms with Gasteiger partial charge in [0.05, 0.1) is 6.10 Å². The molecule has 1 amide bonds. The predicted molar refractivity (Wildman–Crippen MR) is 267 cm³/mol. The van der Waals surface area contributed by atoms with Gasteiger partial charge in [0.25, 0.3) is 0 Å². The lowest BCUT2D eigenvalue weighted by atomic mass is 9.70. The first-order valence-corrected chi connectivity index (χ1v) is 28.4. The van der Waals surface area contributed by atoms with Crippen LogP contribution in [0.1, 0.15) is 183 Å². The van der Waals surface area contributed by atoms with Crippen molar-refractivity contribution in [3.63, 3.8) is 0 Å². The van der Waals surface area contributed by atoms with E-state index in [1.54, 1.807) is 6.20 Å². The number of amides is 1. The Morgan fingerprint density at radius 3 is 2.63 bits per heavy atom. The summed E-state index contributed by atoms with van der Waals surface area (Å²) >= 11 is 0. The molecule has 8 unspecified atom stereocenters. The van der Waals surface area contributed by atoms with Gasteiger partial charge >= 0.3 is 5.97 Å². The molecule has 12 rings (SSSR count). The number of carbonyl (C=O) groups is 2. The second-order valence-corrected chi connectivity index (χ2v) is 25.3. The molecule has 5 saturated carbocycles. The molecule has 8 bridgehead atoms. The molecule has 1 saturated heterocycles. The third-order valence-corrected chi connectivity index (χ3v) is 21.7. The van der Waals surface area contributed by atoms with Gasteiger partial charge in [-0.15, -0.1) is 0 Å². The van der Waals surface area contributed by atoms with Gasteiger partial charge in [-0.1, -0.05) is 47.3 Å². The van der Waals surface area contributed by atoms with E-state index in [-0.39, 0.29) is 51.9 Å². The number of rotatable bonds is 3. The second-order valence-electron chi connectivity index (χ2n) is 22.6. The van der Waals surface area contributed by atoms with Crippen LogP contribution in [0.15, 0.2) is 29.4 Å². The summed E-state index contributed by atoms with van der Waals surface area (Å²) in [5, 5.41) is 28.1. The van der Waals surface area contributed by atoms with E-state index in [1.165, 1.54) is 45.4 Å². The molecule has 1 aromatic carbocycles. The van der Waals surface area contributed by atoms with Gasteiger partial charge in [-0.3, -0.25) is 14.6 Å². The lowest BCUT2D eigenvalue weighted by Gasteiger charge is -2.44. The fourth-order valence-corrected chi connectivity index (χ4v) is 18.7. The van der Waals surface area contributed by atoms with Gasteiger partial charge in [-0.05, 0) is 169 Å². The molecule has 2 aromatic rings. The number of hydrogen-bond donors (Lipinski definition) is 5. The quantitative estimate of drug-likeness (QED) is 0.145. The topological polar surface area (TPSA) is 186 Å². The number of guanidine groups is 1. The van der Waals surface area contributed by atoms with Gasteiger partial charge in [0.1, 0.15) is 21.9 Å².